The molecule has 1 atom stereocenters. The van der Waals surface area contributed by atoms with Crippen LogP contribution in [0.5, 0.6) is 0 Å². The number of hydrogen-bond donors (Lipinski definition) is 4. The summed E-state index contributed by atoms with van der Waals surface area (Å²) in [6.45, 7) is 4.44. The van der Waals surface area contributed by atoms with E-state index >= 15 is 0 Å². The number of benzene rings is 2. The average Bonchev–Trinajstić information content (AvgIpc) is 2.71. The molecule has 2 aromatic rings. The van der Waals surface area contributed by atoms with Crippen molar-refractivity contribution in [1.82, 2.24) is 16.0 Å². The molecule has 0 saturated heterocycles. The van der Waals surface area contributed by atoms with Crippen LogP contribution in [-0.2, 0) is 17.8 Å². The minimum Gasteiger partial charge on any atom is -0.478 e. The van der Waals surface area contributed by atoms with Crippen molar-refractivity contribution in [3.05, 3.63) is 71.3 Å². The van der Waals surface area contributed by atoms with Gasteiger partial charge in [-0.2, -0.15) is 0 Å². The second kappa shape index (κ2) is 10.8. The molecule has 0 radical (unpaired) electrons. The van der Waals surface area contributed by atoms with Gasteiger partial charge in [-0.25, -0.2) is 9.59 Å². The number of hydrogen-bond acceptors (Lipinski definition) is 3. The first-order valence-corrected chi connectivity index (χ1v) is 9.55. The van der Waals surface area contributed by atoms with Gasteiger partial charge in [0.05, 0.1) is 5.56 Å². The van der Waals surface area contributed by atoms with Crippen molar-refractivity contribution >= 4 is 17.9 Å². The summed E-state index contributed by atoms with van der Waals surface area (Å²) in [6.07, 6.45) is 0.498. The predicted octanol–water partition coefficient (Wildman–Crippen LogP) is 2.57. The molecule has 7 heteroatoms. The highest BCUT2D eigenvalue weighted by Gasteiger charge is 2.23. The molecule has 3 amide bonds. The number of carboxylic acids is 1. The number of aromatic carboxylic acids is 1. The maximum Gasteiger partial charge on any atom is 0.335 e. The molecule has 0 aromatic heterocycles. The molecular weight excluding hydrogens is 370 g/mol. The number of rotatable bonds is 9. The lowest BCUT2D eigenvalue weighted by molar-refractivity contribution is -0.123. The molecule has 0 saturated carbocycles. The first-order valence-electron chi connectivity index (χ1n) is 9.55. The van der Waals surface area contributed by atoms with Crippen LogP contribution in [0.1, 0.15) is 35.3 Å². The fraction of sp³-hybridized carbons (Fsp3) is 0.318. The normalized spacial score (nSPS) is 11.6. The topological polar surface area (TPSA) is 108 Å². The number of urea groups is 1. The summed E-state index contributed by atoms with van der Waals surface area (Å²) < 4.78 is 0. The SMILES string of the molecule is CC(C)C(NC(=O)NCc1ccccc1)C(=O)NCCc1cccc(C(=O)O)c1. The molecule has 154 valence electrons. The van der Waals surface area contributed by atoms with E-state index in [-0.39, 0.29) is 17.4 Å². The molecule has 0 bridgehead atoms. The van der Waals surface area contributed by atoms with E-state index in [4.69, 9.17) is 5.11 Å². The Kier molecular flexibility index (Phi) is 8.21. The Morgan fingerprint density at radius 2 is 1.62 bits per heavy atom. The van der Waals surface area contributed by atoms with Gasteiger partial charge in [-0.1, -0.05) is 56.3 Å². The van der Waals surface area contributed by atoms with Crippen molar-refractivity contribution in [3.63, 3.8) is 0 Å². The molecule has 0 heterocycles. The highest BCUT2D eigenvalue weighted by Crippen LogP contribution is 2.06. The van der Waals surface area contributed by atoms with Crippen molar-refractivity contribution in [2.75, 3.05) is 6.54 Å². The molecule has 1 unspecified atom stereocenters. The van der Waals surface area contributed by atoms with Crippen LogP contribution in [0.2, 0.25) is 0 Å². The van der Waals surface area contributed by atoms with Gasteiger partial charge >= 0.3 is 12.0 Å². The van der Waals surface area contributed by atoms with Gasteiger partial charge in [-0.05, 0) is 35.6 Å². The Labute approximate surface area is 170 Å². The highest BCUT2D eigenvalue weighted by atomic mass is 16.4. The summed E-state index contributed by atoms with van der Waals surface area (Å²) in [6, 6.07) is 15.0. The van der Waals surface area contributed by atoms with Gasteiger partial charge in [0.25, 0.3) is 0 Å². The lowest BCUT2D eigenvalue weighted by Crippen LogP contribution is -2.52. The summed E-state index contributed by atoms with van der Waals surface area (Å²) >= 11 is 0. The van der Waals surface area contributed by atoms with Crippen molar-refractivity contribution < 1.29 is 19.5 Å². The quantitative estimate of drug-likeness (QED) is 0.522. The molecule has 4 N–H and O–H groups in total. The van der Waals surface area contributed by atoms with Crippen molar-refractivity contribution in [1.29, 1.82) is 0 Å². The predicted molar refractivity (Wildman–Crippen MR) is 111 cm³/mol. The standard InChI is InChI=1S/C22H27N3O4/c1-15(2)19(25-22(29)24-14-17-7-4-3-5-8-17)20(26)23-12-11-16-9-6-10-18(13-16)21(27)28/h3-10,13,15,19H,11-12,14H2,1-2H3,(H,23,26)(H,27,28)(H2,24,25,29). The van der Waals surface area contributed by atoms with Crippen LogP contribution in [0.4, 0.5) is 4.79 Å². The van der Waals surface area contributed by atoms with Crippen LogP contribution in [0.25, 0.3) is 0 Å². The van der Waals surface area contributed by atoms with Gasteiger partial charge in [-0.3, -0.25) is 4.79 Å². The van der Waals surface area contributed by atoms with E-state index in [1.807, 2.05) is 50.2 Å². The van der Waals surface area contributed by atoms with Crippen LogP contribution in [-0.4, -0.2) is 35.6 Å². The zero-order valence-corrected chi connectivity index (χ0v) is 16.6. The van der Waals surface area contributed by atoms with Gasteiger partial charge in [0, 0.05) is 13.1 Å². The van der Waals surface area contributed by atoms with E-state index in [2.05, 4.69) is 16.0 Å². The molecule has 0 fully saturated rings. The summed E-state index contributed by atoms with van der Waals surface area (Å²) in [5.41, 5.74) is 2.00. The Balaban J connectivity index is 1.83. The Morgan fingerprint density at radius 1 is 0.931 bits per heavy atom. The maximum absolute atomic E-state index is 12.5. The molecule has 29 heavy (non-hydrogen) atoms. The van der Waals surface area contributed by atoms with Crippen LogP contribution in [0.3, 0.4) is 0 Å². The molecule has 0 spiro atoms. The first-order chi connectivity index (χ1) is 13.9. The summed E-state index contributed by atoms with van der Waals surface area (Å²) in [5.74, 6) is -1.35. The maximum atomic E-state index is 12.5. The molecular formula is C22H27N3O4. The second-order valence-electron chi connectivity index (χ2n) is 7.08. The second-order valence-corrected chi connectivity index (χ2v) is 7.08. The van der Waals surface area contributed by atoms with Crippen LogP contribution < -0.4 is 16.0 Å². The van der Waals surface area contributed by atoms with Gasteiger partial charge < -0.3 is 21.1 Å². The van der Waals surface area contributed by atoms with E-state index in [0.29, 0.717) is 19.5 Å². The average molecular weight is 397 g/mol. The summed E-state index contributed by atoms with van der Waals surface area (Å²) in [5, 5.41) is 17.3. The van der Waals surface area contributed by atoms with Gasteiger partial charge in [0.1, 0.15) is 6.04 Å². The fourth-order valence-electron chi connectivity index (χ4n) is 2.81. The zero-order valence-electron chi connectivity index (χ0n) is 16.6. The number of carbonyl (C=O) groups excluding carboxylic acids is 2. The fourth-order valence-corrected chi connectivity index (χ4v) is 2.81. The van der Waals surface area contributed by atoms with E-state index in [1.165, 1.54) is 6.07 Å². The number of carboxylic acid groups (broad SMARTS) is 1. The largest absolute Gasteiger partial charge is 0.478 e. The number of nitrogens with one attached hydrogen (secondary N) is 3. The van der Waals surface area contributed by atoms with E-state index < -0.39 is 18.0 Å². The lowest BCUT2D eigenvalue weighted by atomic mass is 10.0. The monoisotopic (exact) mass is 397 g/mol. The molecule has 2 rings (SSSR count). The summed E-state index contributed by atoms with van der Waals surface area (Å²) in [4.78, 5) is 35.7. The number of amides is 3. The molecule has 7 nitrogen and oxygen atoms in total. The van der Waals surface area contributed by atoms with E-state index in [9.17, 15) is 14.4 Å². The zero-order chi connectivity index (χ0) is 21.2. The first kappa shape index (κ1) is 21.9. The minimum absolute atomic E-state index is 0.0900. The van der Waals surface area contributed by atoms with Gasteiger partial charge in [0.2, 0.25) is 5.91 Å². The minimum atomic E-state index is -0.985. The molecule has 0 aliphatic rings. The Hall–Kier alpha value is -3.35. The lowest BCUT2D eigenvalue weighted by Gasteiger charge is -2.22. The van der Waals surface area contributed by atoms with E-state index in [0.717, 1.165) is 11.1 Å². The van der Waals surface area contributed by atoms with Gasteiger partial charge in [0.15, 0.2) is 0 Å². The van der Waals surface area contributed by atoms with Crippen molar-refractivity contribution in [3.8, 4) is 0 Å². The Bertz CT molecular complexity index is 837. The third-order valence-corrected chi connectivity index (χ3v) is 4.42. The van der Waals surface area contributed by atoms with Crippen LogP contribution in [0, 0.1) is 5.92 Å². The van der Waals surface area contributed by atoms with E-state index in [1.54, 1.807) is 12.1 Å². The van der Waals surface area contributed by atoms with Crippen LogP contribution >= 0.6 is 0 Å². The van der Waals surface area contributed by atoms with Gasteiger partial charge in [-0.15, -0.1) is 0 Å². The van der Waals surface area contributed by atoms with Crippen molar-refractivity contribution in [2.24, 2.45) is 5.92 Å². The van der Waals surface area contributed by atoms with Crippen LogP contribution in [0.15, 0.2) is 54.6 Å². The molecule has 0 aliphatic heterocycles. The molecule has 0 aliphatic carbocycles. The third kappa shape index (κ3) is 7.29. The molecule has 2 aromatic carbocycles. The summed E-state index contributed by atoms with van der Waals surface area (Å²) in [7, 11) is 0. The highest BCUT2D eigenvalue weighted by molar-refractivity contribution is 5.88. The van der Waals surface area contributed by atoms with Crippen molar-refractivity contribution in [2.45, 2.75) is 32.9 Å². The Morgan fingerprint density at radius 3 is 2.28 bits per heavy atom. The smallest absolute Gasteiger partial charge is 0.335 e. The third-order valence-electron chi connectivity index (χ3n) is 4.42. The number of carbonyl (C=O) groups is 3.